The van der Waals surface area contributed by atoms with Crippen molar-refractivity contribution in [3.8, 4) is 0 Å². The van der Waals surface area contributed by atoms with Crippen molar-refractivity contribution in [2.24, 2.45) is 0 Å². The largest absolute Gasteiger partial charge is 0.463 e. The molecule has 0 aliphatic carbocycles. The van der Waals surface area contributed by atoms with Crippen molar-refractivity contribution >= 4 is 17.6 Å². The monoisotopic (exact) mass is 318 g/mol. The van der Waals surface area contributed by atoms with Crippen molar-refractivity contribution < 1.29 is 27.5 Å². The van der Waals surface area contributed by atoms with Gasteiger partial charge in [0, 0.05) is 12.6 Å². The number of hydrogen-bond donors (Lipinski definition) is 2. The molecular weight excluding hydrogens is 301 g/mol. The number of esters is 1. The first kappa shape index (κ1) is 17.8. The molecule has 0 saturated carbocycles. The molecule has 5 nitrogen and oxygen atoms in total. The predicted molar refractivity (Wildman–Crippen MR) is 74.0 cm³/mol. The van der Waals surface area contributed by atoms with E-state index in [0.29, 0.717) is 0 Å². The van der Waals surface area contributed by atoms with Crippen LogP contribution >= 0.6 is 0 Å². The van der Waals surface area contributed by atoms with E-state index in [0.717, 1.165) is 12.5 Å². The Morgan fingerprint density at radius 2 is 1.73 bits per heavy atom. The fraction of sp³-hybridized carbons (Fsp3) is 0.429. The number of carbonyl (C=O) groups is 2. The highest BCUT2D eigenvalue weighted by Crippen LogP contribution is 2.33. The maximum Gasteiger partial charge on any atom is 0.441 e. The predicted octanol–water partition coefficient (Wildman–Crippen LogP) is 2.36. The Morgan fingerprint density at radius 1 is 1.18 bits per heavy atom. The lowest BCUT2D eigenvalue weighted by Crippen LogP contribution is -2.69. The van der Waals surface area contributed by atoms with Crippen LogP contribution in [-0.4, -0.2) is 30.3 Å². The molecule has 22 heavy (non-hydrogen) atoms. The van der Waals surface area contributed by atoms with Crippen molar-refractivity contribution in [3.05, 3.63) is 29.8 Å². The lowest BCUT2D eigenvalue weighted by molar-refractivity contribution is -0.207. The Bertz CT molecular complexity index is 543. The fourth-order valence-electron chi connectivity index (χ4n) is 1.75. The lowest BCUT2D eigenvalue weighted by Gasteiger charge is -2.35. The first-order valence-corrected chi connectivity index (χ1v) is 6.50. The minimum atomic E-state index is -5.10. The molecule has 2 N–H and O–H groups in total. The second-order valence-corrected chi connectivity index (χ2v) is 4.64. The summed E-state index contributed by atoms with van der Waals surface area (Å²) < 4.78 is 45.0. The first-order valence-electron chi connectivity index (χ1n) is 6.50. The van der Waals surface area contributed by atoms with Crippen LogP contribution in [0.4, 0.5) is 18.9 Å². The Labute approximate surface area is 125 Å². The van der Waals surface area contributed by atoms with Gasteiger partial charge in [-0.2, -0.15) is 13.2 Å². The van der Waals surface area contributed by atoms with E-state index < -0.39 is 23.7 Å². The topological polar surface area (TPSA) is 67.4 Å². The molecule has 1 aromatic carbocycles. The van der Waals surface area contributed by atoms with Crippen molar-refractivity contribution in [3.63, 3.8) is 0 Å². The van der Waals surface area contributed by atoms with Crippen LogP contribution in [0, 0.1) is 6.92 Å². The zero-order valence-corrected chi connectivity index (χ0v) is 12.4. The summed E-state index contributed by atoms with van der Waals surface area (Å²) in [5.41, 5.74) is -2.49. The number of anilines is 1. The van der Waals surface area contributed by atoms with E-state index in [-0.39, 0.29) is 12.3 Å². The second kappa shape index (κ2) is 6.67. The first-order chi connectivity index (χ1) is 10.1. The number of benzene rings is 1. The molecule has 0 aliphatic heterocycles. The third-order valence-electron chi connectivity index (χ3n) is 2.75. The van der Waals surface area contributed by atoms with E-state index in [1.165, 1.54) is 19.1 Å². The Balaban J connectivity index is 3.31. The summed E-state index contributed by atoms with van der Waals surface area (Å²) in [6.45, 7) is 3.76. The van der Waals surface area contributed by atoms with Crippen LogP contribution in [0.5, 0.6) is 0 Å². The molecule has 8 heteroatoms. The van der Waals surface area contributed by atoms with Crippen LogP contribution in [0.3, 0.4) is 0 Å². The molecule has 0 fully saturated rings. The summed E-state index contributed by atoms with van der Waals surface area (Å²) in [5.74, 6) is -2.65. The average molecular weight is 318 g/mol. The minimum Gasteiger partial charge on any atom is -0.463 e. The van der Waals surface area contributed by atoms with Gasteiger partial charge in [-0.3, -0.25) is 4.79 Å². The van der Waals surface area contributed by atoms with E-state index in [4.69, 9.17) is 0 Å². The summed E-state index contributed by atoms with van der Waals surface area (Å²) in [7, 11) is 0. The summed E-state index contributed by atoms with van der Waals surface area (Å²) in [6.07, 6.45) is -5.10. The number of rotatable bonds is 5. The summed E-state index contributed by atoms with van der Waals surface area (Å²) >= 11 is 0. The molecule has 1 unspecified atom stereocenters. The Morgan fingerprint density at radius 3 is 2.14 bits per heavy atom. The number of alkyl halides is 3. The molecule has 1 atom stereocenters. The Hall–Kier alpha value is -2.25. The van der Waals surface area contributed by atoms with Gasteiger partial charge in [0.1, 0.15) is 0 Å². The highest BCUT2D eigenvalue weighted by molar-refractivity contribution is 5.90. The molecule has 0 saturated heterocycles. The van der Waals surface area contributed by atoms with Crippen LogP contribution in [0.25, 0.3) is 0 Å². The lowest BCUT2D eigenvalue weighted by atomic mass is 10.1. The van der Waals surface area contributed by atoms with Crippen LogP contribution in [-0.2, 0) is 14.3 Å². The van der Waals surface area contributed by atoms with Crippen molar-refractivity contribution in [1.82, 2.24) is 5.32 Å². The number of halogens is 3. The highest BCUT2D eigenvalue weighted by Gasteiger charge is 2.63. The molecule has 0 aliphatic rings. The maximum absolute atomic E-state index is 13.5. The van der Waals surface area contributed by atoms with E-state index in [2.05, 4.69) is 4.74 Å². The SMILES string of the molecule is CCOC(=O)C(NC(C)=O)(Nc1ccc(C)cc1)C(F)(F)F. The molecule has 1 amide bonds. The normalized spacial score (nSPS) is 13.9. The van der Waals surface area contributed by atoms with Crippen molar-refractivity contribution in [1.29, 1.82) is 0 Å². The van der Waals surface area contributed by atoms with Crippen LogP contribution < -0.4 is 10.6 Å². The number of aryl methyl sites for hydroxylation is 1. The van der Waals surface area contributed by atoms with Gasteiger partial charge in [-0.25, -0.2) is 4.79 Å². The molecular formula is C14H17F3N2O3. The summed E-state index contributed by atoms with van der Waals surface area (Å²) in [4.78, 5) is 23.1. The number of amides is 1. The van der Waals surface area contributed by atoms with Crippen LogP contribution in [0.2, 0.25) is 0 Å². The van der Waals surface area contributed by atoms with Gasteiger partial charge < -0.3 is 15.4 Å². The van der Waals surface area contributed by atoms with Crippen LogP contribution in [0.1, 0.15) is 19.4 Å². The van der Waals surface area contributed by atoms with Gasteiger partial charge in [0.15, 0.2) is 0 Å². The molecule has 1 aromatic rings. The van der Waals surface area contributed by atoms with Gasteiger partial charge in [0.05, 0.1) is 6.61 Å². The zero-order valence-electron chi connectivity index (χ0n) is 12.4. The van der Waals surface area contributed by atoms with E-state index >= 15 is 0 Å². The number of ether oxygens (including phenoxy) is 1. The molecule has 0 heterocycles. The van der Waals surface area contributed by atoms with Crippen molar-refractivity contribution in [2.45, 2.75) is 32.6 Å². The van der Waals surface area contributed by atoms with E-state index in [9.17, 15) is 22.8 Å². The smallest absolute Gasteiger partial charge is 0.441 e. The number of hydrogen-bond acceptors (Lipinski definition) is 4. The van der Waals surface area contributed by atoms with Gasteiger partial charge in [-0.15, -0.1) is 0 Å². The quantitative estimate of drug-likeness (QED) is 0.646. The molecule has 0 spiro atoms. The highest BCUT2D eigenvalue weighted by atomic mass is 19.4. The third-order valence-corrected chi connectivity index (χ3v) is 2.75. The van der Waals surface area contributed by atoms with Gasteiger partial charge in [0.25, 0.3) is 0 Å². The second-order valence-electron chi connectivity index (χ2n) is 4.64. The molecule has 0 bridgehead atoms. The van der Waals surface area contributed by atoms with E-state index in [1.807, 2.05) is 5.32 Å². The van der Waals surface area contributed by atoms with Gasteiger partial charge in [-0.1, -0.05) is 17.7 Å². The summed E-state index contributed by atoms with van der Waals surface area (Å²) in [6, 6.07) is 5.89. The molecule has 122 valence electrons. The number of nitrogens with one attached hydrogen (secondary N) is 2. The molecule has 1 rings (SSSR count). The van der Waals surface area contributed by atoms with Crippen LogP contribution in [0.15, 0.2) is 24.3 Å². The maximum atomic E-state index is 13.5. The molecule has 0 aromatic heterocycles. The minimum absolute atomic E-state index is 0.0183. The van der Waals surface area contributed by atoms with Gasteiger partial charge in [-0.05, 0) is 26.0 Å². The number of carbonyl (C=O) groups excluding carboxylic acids is 2. The third kappa shape index (κ3) is 3.90. The van der Waals surface area contributed by atoms with Crippen molar-refractivity contribution in [2.75, 3.05) is 11.9 Å². The van der Waals surface area contributed by atoms with Gasteiger partial charge in [0.2, 0.25) is 5.91 Å². The standard InChI is InChI=1S/C14H17F3N2O3/c1-4-22-12(21)13(14(15,16)17,18-10(3)20)19-11-7-5-9(2)6-8-11/h5-8,19H,4H2,1-3H3,(H,18,20). The summed E-state index contributed by atoms with van der Waals surface area (Å²) in [5, 5.41) is 3.68. The zero-order chi connectivity index (χ0) is 17.0. The molecule has 0 radical (unpaired) electrons. The fourth-order valence-corrected chi connectivity index (χ4v) is 1.75. The van der Waals surface area contributed by atoms with Gasteiger partial charge >= 0.3 is 17.8 Å². The van der Waals surface area contributed by atoms with E-state index in [1.54, 1.807) is 24.4 Å². The average Bonchev–Trinajstić information content (AvgIpc) is 2.39. The Kier molecular flexibility index (Phi) is 5.40.